The molecule has 5 bridgehead atoms. The third-order valence-corrected chi connectivity index (χ3v) is 11.0. The van der Waals surface area contributed by atoms with Crippen molar-refractivity contribution in [3.63, 3.8) is 0 Å². The molecule has 0 radical (unpaired) electrons. The molecule has 1 aromatic carbocycles. The van der Waals surface area contributed by atoms with Gasteiger partial charge in [-0.2, -0.15) is 0 Å². The van der Waals surface area contributed by atoms with E-state index in [0.29, 0.717) is 0 Å². The molecule has 1 amide bonds. The van der Waals surface area contributed by atoms with E-state index < -0.39 is 100 Å². The normalized spacial score (nSPS) is 31.5. The van der Waals surface area contributed by atoms with Crippen molar-refractivity contribution >= 4 is 35.1 Å². The molecule has 9 atom stereocenters. The van der Waals surface area contributed by atoms with Crippen LogP contribution in [0.5, 0.6) is 11.5 Å². The second kappa shape index (κ2) is 17.9. The summed E-state index contributed by atoms with van der Waals surface area (Å²) in [6, 6.07) is 2.79. The number of nitrogens with zero attached hydrogens (tertiary/aromatic N) is 2. The summed E-state index contributed by atoms with van der Waals surface area (Å²) in [6.45, 7) is 12.4. The molecule has 16 heteroatoms. The Balaban J connectivity index is 1.68. The number of aromatic hydroxyl groups is 1. The number of pyridine rings is 1. The van der Waals surface area contributed by atoms with Crippen LogP contribution in [-0.2, 0) is 28.6 Å². The highest BCUT2D eigenvalue weighted by Crippen LogP contribution is 2.48. The minimum absolute atomic E-state index is 0.00868. The fourth-order valence-corrected chi connectivity index (χ4v) is 7.39. The van der Waals surface area contributed by atoms with E-state index in [0.717, 1.165) is 6.08 Å². The Morgan fingerprint density at radius 1 is 0.949 bits per heavy atom. The van der Waals surface area contributed by atoms with E-state index >= 15 is 0 Å². The predicted molar refractivity (Wildman–Crippen MR) is 211 cm³/mol. The Morgan fingerprint density at radius 2 is 1.63 bits per heavy atom. The standard InChI is InChI=1S/C43H49N3O13/c1-20-11-10-12-21(2)41(53)45-28-19-29(48)31-32(37(28)52)36(51)25(6)39-33(31)40(46-59-42(54)27-13-16-44-17-14-27)43(8,58-39)56-18-15-30(55-9)22(3)38(57-26(7)47)24(5)35(50)23(4)34(20)49/h10-20,22-24,30,34-35,38,49-51H,1-9H3,(H,45,53)/b11-10+,18-15+,21-12-,46-40-/t20-,22-,23-,24-,30+,34-,35+,38-,43+/m1/s1. The number of allylic oxidation sites excluding steroid dienone is 4. The summed E-state index contributed by atoms with van der Waals surface area (Å²) < 4.78 is 24.0. The Labute approximate surface area is 341 Å². The number of carbonyl (C=O) groups excluding carboxylic acids is 5. The highest BCUT2D eigenvalue weighted by atomic mass is 16.7. The smallest absolute Gasteiger partial charge is 0.365 e. The van der Waals surface area contributed by atoms with Gasteiger partial charge in [0.2, 0.25) is 5.78 Å². The molecule has 0 unspecified atom stereocenters. The van der Waals surface area contributed by atoms with Crippen LogP contribution >= 0.6 is 0 Å². The Bertz CT molecular complexity index is 2180. The van der Waals surface area contributed by atoms with Gasteiger partial charge in [-0.25, -0.2) is 4.79 Å². The second-order valence-corrected chi connectivity index (χ2v) is 15.1. The molecule has 0 saturated heterocycles. The van der Waals surface area contributed by atoms with E-state index in [2.05, 4.69) is 15.5 Å². The third-order valence-electron chi connectivity index (χ3n) is 11.0. The summed E-state index contributed by atoms with van der Waals surface area (Å²) in [6.07, 6.45) is 7.00. The van der Waals surface area contributed by atoms with E-state index in [1.165, 1.54) is 77.7 Å². The van der Waals surface area contributed by atoms with Crippen LogP contribution in [0.4, 0.5) is 0 Å². The SMILES string of the molecule is CO[C@H]1/C=C/O[C@@]2(C)Oc3c(C)c(O)c4c(c3/C2=N/OC(=O)c2ccncc2)C(=O)C=C(NC(=O)/C(C)=C\C=C\[C@@H](C)[C@@H](O)[C@@H](C)[C@H](O)[C@@H](C)[C@H](OC(C)=O)[C@@H]1C)C4=O. The zero-order valence-corrected chi connectivity index (χ0v) is 34.2. The van der Waals surface area contributed by atoms with Crippen LogP contribution in [0, 0.1) is 30.6 Å². The first kappa shape index (κ1) is 44.1. The molecule has 1 aliphatic carbocycles. The second-order valence-electron chi connectivity index (χ2n) is 15.1. The number of aliphatic hydroxyl groups is 2. The molecule has 0 saturated carbocycles. The lowest BCUT2D eigenvalue weighted by Crippen LogP contribution is -2.46. The monoisotopic (exact) mass is 815 g/mol. The summed E-state index contributed by atoms with van der Waals surface area (Å²) in [7, 11) is 1.42. The number of carbonyl (C=O) groups is 5. The summed E-state index contributed by atoms with van der Waals surface area (Å²) in [5.41, 5.74) is -1.34. The topological polar surface area (TPSA) is 229 Å². The molecular formula is C43H49N3O13. The van der Waals surface area contributed by atoms with Crippen LogP contribution in [0.1, 0.15) is 90.7 Å². The van der Waals surface area contributed by atoms with Gasteiger partial charge in [0.15, 0.2) is 11.5 Å². The number of Topliss-reactive ketones (excluding diaryl/α,β-unsaturated/α-hetero) is 1. The third kappa shape index (κ3) is 8.89. The van der Waals surface area contributed by atoms with Crippen molar-refractivity contribution in [3.05, 3.63) is 100 Å². The molecule has 16 nitrogen and oxygen atoms in total. The van der Waals surface area contributed by atoms with Gasteiger partial charge in [0.05, 0.1) is 52.5 Å². The van der Waals surface area contributed by atoms with Crippen LogP contribution in [0.25, 0.3) is 0 Å². The maximum atomic E-state index is 14.0. The number of rotatable bonds is 4. The minimum atomic E-state index is -1.99. The largest absolute Gasteiger partial charge is 0.507 e. The molecule has 0 spiro atoms. The number of esters is 1. The zero-order chi connectivity index (χ0) is 43.5. The predicted octanol–water partition coefficient (Wildman–Crippen LogP) is 4.40. The number of nitrogens with one attached hydrogen (secondary N) is 1. The lowest BCUT2D eigenvalue weighted by atomic mass is 9.78. The Hall–Kier alpha value is -5.97. The van der Waals surface area contributed by atoms with Crippen molar-refractivity contribution in [1.82, 2.24) is 10.3 Å². The summed E-state index contributed by atoms with van der Waals surface area (Å²) in [4.78, 5) is 76.1. The van der Waals surface area contributed by atoms with Gasteiger partial charge >= 0.3 is 11.9 Å². The number of aliphatic hydroxyl groups excluding tert-OH is 2. The number of ether oxygens (including phenoxy) is 4. The summed E-state index contributed by atoms with van der Waals surface area (Å²) >= 11 is 0. The van der Waals surface area contributed by atoms with Crippen molar-refractivity contribution in [3.8, 4) is 11.5 Å². The van der Waals surface area contributed by atoms with Crippen molar-refractivity contribution in [1.29, 1.82) is 0 Å². The number of phenols is 1. The van der Waals surface area contributed by atoms with Crippen LogP contribution in [-0.4, -0.2) is 92.7 Å². The molecule has 4 heterocycles. The van der Waals surface area contributed by atoms with Gasteiger partial charge in [0.25, 0.3) is 11.7 Å². The van der Waals surface area contributed by atoms with Crippen molar-refractivity contribution in [2.45, 2.75) is 85.6 Å². The number of aromatic nitrogens is 1. The van der Waals surface area contributed by atoms with Gasteiger partial charge in [-0.1, -0.05) is 51.1 Å². The summed E-state index contributed by atoms with van der Waals surface area (Å²) in [5.74, 6) is -9.21. The van der Waals surface area contributed by atoms with Gasteiger partial charge in [0.1, 0.15) is 17.6 Å². The fourth-order valence-electron chi connectivity index (χ4n) is 7.39. The van der Waals surface area contributed by atoms with Gasteiger partial charge in [-0.3, -0.25) is 24.2 Å². The number of phenolic OH excluding ortho intramolecular Hbond substituents is 1. The van der Waals surface area contributed by atoms with Gasteiger partial charge < -0.3 is 44.4 Å². The molecule has 314 valence electrons. The fraction of sp³-hybridized carbons (Fsp3) is 0.419. The first-order chi connectivity index (χ1) is 27.8. The number of ketones is 2. The van der Waals surface area contributed by atoms with Crippen LogP contribution < -0.4 is 10.1 Å². The molecule has 2 aromatic rings. The van der Waals surface area contributed by atoms with Crippen LogP contribution in [0.2, 0.25) is 0 Å². The summed E-state index contributed by atoms with van der Waals surface area (Å²) in [5, 5.41) is 40.8. The highest BCUT2D eigenvalue weighted by molar-refractivity contribution is 6.31. The van der Waals surface area contributed by atoms with E-state index in [1.54, 1.807) is 39.8 Å². The Kier molecular flexibility index (Phi) is 13.4. The van der Waals surface area contributed by atoms with E-state index in [-0.39, 0.29) is 39.3 Å². The van der Waals surface area contributed by atoms with Crippen molar-refractivity contribution < 1.29 is 63.1 Å². The molecule has 3 aliphatic heterocycles. The molecule has 4 N–H and O–H groups in total. The molecular weight excluding hydrogens is 766 g/mol. The van der Waals surface area contributed by atoms with Crippen LogP contribution in [0.15, 0.2) is 77.6 Å². The van der Waals surface area contributed by atoms with E-state index in [4.69, 9.17) is 23.8 Å². The maximum Gasteiger partial charge on any atom is 0.365 e. The number of methoxy groups -OCH3 is 1. The Morgan fingerprint density at radius 3 is 2.27 bits per heavy atom. The lowest BCUT2D eigenvalue weighted by molar-refractivity contribution is -0.160. The quantitative estimate of drug-likeness (QED) is 0.191. The van der Waals surface area contributed by atoms with Crippen molar-refractivity contribution in [2.75, 3.05) is 7.11 Å². The molecule has 6 rings (SSSR count). The lowest BCUT2D eigenvalue weighted by Gasteiger charge is -2.38. The number of oxime groups is 1. The average molecular weight is 816 g/mol. The molecule has 4 aliphatic rings. The highest BCUT2D eigenvalue weighted by Gasteiger charge is 2.51. The van der Waals surface area contributed by atoms with Gasteiger partial charge in [0, 0.05) is 74.2 Å². The molecule has 59 heavy (non-hydrogen) atoms. The number of fused-ring (bicyclic) bond motifs is 14. The maximum absolute atomic E-state index is 14.0. The first-order valence-corrected chi connectivity index (χ1v) is 19.0. The van der Waals surface area contributed by atoms with Crippen molar-refractivity contribution in [2.24, 2.45) is 28.8 Å². The van der Waals surface area contributed by atoms with Gasteiger partial charge in [-0.15, -0.1) is 0 Å². The van der Waals surface area contributed by atoms with E-state index in [9.17, 15) is 39.3 Å². The number of hydrogen-bond acceptors (Lipinski definition) is 15. The first-order valence-electron chi connectivity index (χ1n) is 19.0. The number of benzene rings is 1. The average Bonchev–Trinajstić information content (AvgIpc) is 3.50. The zero-order valence-electron chi connectivity index (χ0n) is 34.2. The molecule has 1 aromatic heterocycles. The number of hydrogen-bond donors (Lipinski definition) is 4. The van der Waals surface area contributed by atoms with E-state index in [1.807, 2.05) is 0 Å². The van der Waals surface area contributed by atoms with Gasteiger partial charge in [-0.05, 0) is 32.1 Å². The minimum Gasteiger partial charge on any atom is -0.507 e. The molecule has 0 fully saturated rings. The van der Waals surface area contributed by atoms with Crippen LogP contribution in [0.3, 0.4) is 0 Å². The number of amides is 1.